The van der Waals surface area contributed by atoms with E-state index in [9.17, 15) is 14.0 Å². The van der Waals surface area contributed by atoms with Gasteiger partial charge in [-0.25, -0.2) is 14.2 Å². The smallest absolute Gasteiger partial charge is 0.410 e. The molecule has 1 amide bonds. The summed E-state index contributed by atoms with van der Waals surface area (Å²) < 4.78 is 35.0. The third-order valence-corrected chi connectivity index (χ3v) is 6.94. The average molecular weight is 551 g/mol. The third-order valence-electron chi connectivity index (χ3n) is 5.67. The highest BCUT2D eigenvalue weighted by Gasteiger charge is 2.25. The van der Waals surface area contributed by atoms with Crippen LogP contribution in [0.4, 0.5) is 9.18 Å². The highest BCUT2D eigenvalue weighted by Crippen LogP contribution is 2.33. The Morgan fingerprint density at radius 2 is 2.00 bits per heavy atom. The fourth-order valence-electron chi connectivity index (χ4n) is 3.79. The molecule has 0 bridgehead atoms. The molecule has 2 unspecified atom stereocenters. The maximum absolute atomic E-state index is 13.7. The van der Waals surface area contributed by atoms with E-state index in [4.69, 9.17) is 30.5 Å². The number of carbonyl (C=O) groups is 2. The van der Waals surface area contributed by atoms with Gasteiger partial charge in [-0.15, -0.1) is 11.3 Å². The Bertz CT molecular complexity index is 1220. The van der Waals surface area contributed by atoms with Gasteiger partial charge in [0.15, 0.2) is 0 Å². The standard InChI is InChI=1S/C26H28ClFN2O6S/c1-16(9-18-5-7-19(33-3)11-24(18)34-4)36-26(32)30(2)12-23-25(37-14-29-23)20(13-35-15-31)17-6-8-22(28)21(27)10-17/h5-8,10-11,14-16,20H,9,12-13H2,1-4H3. The number of ether oxygens (including phenoxy) is 4. The Balaban J connectivity index is 1.70. The lowest BCUT2D eigenvalue weighted by Crippen LogP contribution is -2.31. The predicted molar refractivity (Wildman–Crippen MR) is 138 cm³/mol. The van der Waals surface area contributed by atoms with E-state index in [1.807, 2.05) is 12.1 Å². The highest BCUT2D eigenvalue weighted by atomic mass is 35.5. The molecule has 1 heterocycles. The zero-order valence-corrected chi connectivity index (χ0v) is 22.5. The number of carbonyl (C=O) groups excluding carboxylic acids is 2. The van der Waals surface area contributed by atoms with Gasteiger partial charge in [0, 0.05) is 24.4 Å². The predicted octanol–water partition coefficient (Wildman–Crippen LogP) is 5.46. The van der Waals surface area contributed by atoms with Crippen LogP contribution in [0.25, 0.3) is 0 Å². The number of methoxy groups -OCH3 is 2. The topological polar surface area (TPSA) is 87.2 Å². The highest BCUT2D eigenvalue weighted by molar-refractivity contribution is 7.09. The van der Waals surface area contributed by atoms with Gasteiger partial charge in [-0.1, -0.05) is 23.7 Å². The molecule has 0 spiro atoms. The molecule has 1 aromatic heterocycles. The summed E-state index contributed by atoms with van der Waals surface area (Å²) >= 11 is 7.32. The second kappa shape index (κ2) is 13.3. The molecule has 0 radical (unpaired) electrons. The molecule has 3 rings (SSSR count). The largest absolute Gasteiger partial charge is 0.497 e. The minimum atomic E-state index is -0.547. The maximum atomic E-state index is 13.7. The summed E-state index contributed by atoms with van der Waals surface area (Å²) in [6, 6.07) is 9.80. The molecule has 198 valence electrons. The van der Waals surface area contributed by atoms with Gasteiger partial charge in [-0.2, -0.15) is 0 Å². The molecule has 0 N–H and O–H groups in total. The van der Waals surface area contributed by atoms with E-state index >= 15 is 0 Å². The Morgan fingerprint density at radius 3 is 2.68 bits per heavy atom. The molecule has 3 aromatic rings. The first-order valence-corrected chi connectivity index (χ1v) is 12.6. The fourth-order valence-corrected chi connectivity index (χ4v) is 4.90. The molecule has 0 aliphatic rings. The molecule has 11 heteroatoms. The van der Waals surface area contributed by atoms with Crippen molar-refractivity contribution in [3.63, 3.8) is 0 Å². The zero-order valence-electron chi connectivity index (χ0n) is 20.9. The van der Waals surface area contributed by atoms with Gasteiger partial charge in [0.25, 0.3) is 6.47 Å². The normalized spacial score (nSPS) is 12.4. The van der Waals surface area contributed by atoms with Gasteiger partial charge < -0.3 is 23.8 Å². The number of thiazole rings is 1. The molecule has 0 aliphatic heterocycles. The summed E-state index contributed by atoms with van der Waals surface area (Å²) in [5.41, 5.74) is 3.78. The number of halogens is 2. The quantitative estimate of drug-likeness (QED) is 0.277. The Morgan fingerprint density at radius 1 is 1.22 bits per heavy atom. The monoisotopic (exact) mass is 550 g/mol. The molecule has 8 nitrogen and oxygen atoms in total. The fraction of sp³-hybridized carbons (Fsp3) is 0.346. The van der Waals surface area contributed by atoms with Crippen molar-refractivity contribution in [1.82, 2.24) is 9.88 Å². The molecule has 0 aliphatic carbocycles. The van der Waals surface area contributed by atoms with Crippen LogP contribution in [0.15, 0.2) is 41.9 Å². The molecular weight excluding hydrogens is 523 g/mol. The van der Waals surface area contributed by atoms with Crippen molar-refractivity contribution in [3.05, 3.63) is 74.4 Å². The maximum Gasteiger partial charge on any atom is 0.410 e. The average Bonchev–Trinajstić information content (AvgIpc) is 3.34. The molecule has 2 atom stereocenters. The molecule has 0 fully saturated rings. The minimum Gasteiger partial charge on any atom is -0.497 e. The van der Waals surface area contributed by atoms with E-state index in [-0.39, 0.29) is 18.2 Å². The van der Waals surface area contributed by atoms with Crippen LogP contribution < -0.4 is 9.47 Å². The lowest BCUT2D eigenvalue weighted by molar-refractivity contribution is -0.128. The summed E-state index contributed by atoms with van der Waals surface area (Å²) in [6.45, 7) is 2.31. The summed E-state index contributed by atoms with van der Waals surface area (Å²) in [5, 5.41) is -0.0390. The first-order valence-electron chi connectivity index (χ1n) is 11.3. The van der Waals surface area contributed by atoms with Crippen molar-refractivity contribution in [1.29, 1.82) is 0 Å². The number of rotatable bonds is 12. The summed E-state index contributed by atoms with van der Waals surface area (Å²) in [5.74, 6) is 0.335. The van der Waals surface area contributed by atoms with Crippen LogP contribution in [0.3, 0.4) is 0 Å². The SMILES string of the molecule is COc1ccc(CC(C)OC(=O)N(C)Cc2ncsc2C(COC=O)c2ccc(F)c(Cl)c2)c(OC)c1. The van der Waals surface area contributed by atoms with Gasteiger partial charge in [-0.3, -0.25) is 4.79 Å². The molecule has 0 saturated heterocycles. The molecule has 0 saturated carbocycles. The van der Waals surface area contributed by atoms with Crippen molar-refractivity contribution < 1.29 is 32.9 Å². The van der Waals surface area contributed by atoms with Crippen LogP contribution in [-0.4, -0.2) is 56.4 Å². The second-order valence-electron chi connectivity index (χ2n) is 8.25. The number of hydrogen-bond donors (Lipinski definition) is 0. The summed E-state index contributed by atoms with van der Waals surface area (Å²) in [6.07, 6.45) is -0.503. The molecular formula is C26H28ClFN2O6S. The zero-order chi connectivity index (χ0) is 26.9. The first-order chi connectivity index (χ1) is 17.8. The number of amides is 1. The number of hydrogen-bond acceptors (Lipinski definition) is 8. The van der Waals surface area contributed by atoms with E-state index < -0.39 is 23.9 Å². The van der Waals surface area contributed by atoms with E-state index in [1.54, 1.807) is 45.8 Å². The Hall–Kier alpha value is -3.37. The van der Waals surface area contributed by atoms with Gasteiger partial charge >= 0.3 is 6.09 Å². The van der Waals surface area contributed by atoms with E-state index in [0.29, 0.717) is 35.6 Å². The van der Waals surface area contributed by atoms with Crippen LogP contribution in [0.5, 0.6) is 11.5 Å². The van der Waals surface area contributed by atoms with Gasteiger partial charge in [0.2, 0.25) is 0 Å². The first kappa shape index (κ1) is 28.2. The Labute approximate surface area is 223 Å². The van der Waals surface area contributed by atoms with Crippen molar-refractivity contribution in [2.24, 2.45) is 0 Å². The van der Waals surface area contributed by atoms with Gasteiger partial charge in [0.05, 0.1) is 42.9 Å². The lowest BCUT2D eigenvalue weighted by Gasteiger charge is -2.22. The van der Waals surface area contributed by atoms with Crippen molar-refractivity contribution in [3.8, 4) is 11.5 Å². The second-order valence-corrected chi connectivity index (χ2v) is 9.54. The Kier molecular flexibility index (Phi) is 10.1. The summed E-state index contributed by atoms with van der Waals surface area (Å²) in [7, 11) is 4.76. The van der Waals surface area contributed by atoms with Crippen LogP contribution in [0, 0.1) is 5.82 Å². The van der Waals surface area contributed by atoms with E-state index in [1.165, 1.54) is 28.4 Å². The molecule has 37 heavy (non-hydrogen) atoms. The minimum absolute atomic E-state index is 0.00947. The van der Waals surface area contributed by atoms with Crippen molar-refractivity contribution >= 4 is 35.5 Å². The van der Waals surface area contributed by atoms with Crippen molar-refractivity contribution in [2.45, 2.75) is 31.9 Å². The van der Waals surface area contributed by atoms with Crippen LogP contribution in [0.1, 0.15) is 34.5 Å². The van der Waals surface area contributed by atoms with E-state index in [2.05, 4.69) is 4.98 Å². The van der Waals surface area contributed by atoms with Gasteiger partial charge in [0.1, 0.15) is 30.0 Å². The number of nitrogens with zero attached hydrogens (tertiary/aromatic N) is 2. The third kappa shape index (κ3) is 7.33. The van der Waals surface area contributed by atoms with Crippen LogP contribution in [0.2, 0.25) is 5.02 Å². The van der Waals surface area contributed by atoms with Gasteiger partial charge in [-0.05, 0) is 36.2 Å². The summed E-state index contributed by atoms with van der Waals surface area (Å²) in [4.78, 5) is 30.3. The number of aromatic nitrogens is 1. The lowest BCUT2D eigenvalue weighted by atomic mass is 9.97. The van der Waals surface area contributed by atoms with Crippen LogP contribution in [-0.2, 0) is 27.2 Å². The van der Waals surface area contributed by atoms with Crippen LogP contribution >= 0.6 is 22.9 Å². The van der Waals surface area contributed by atoms with E-state index in [0.717, 1.165) is 10.4 Å². The molecule has 2 aromatic carbocycles. The number of benzene rings is 2. The van der Waals surface area contributed by atoms with Crippen molar-refractivity contribution in [2.75, 3.05) is 27.9 Å².